The molecule has 0 amide bonds. The minimum absolute atomic E-state index is 0.205. The minimum Gasteiger partial charge on any atom is -0.437 e. The van der Waals surface area contributed by atoms with Gasteiger partial charge in [0, 0.05) is 34.5 Å². The summed E-state index contributed by atoms with van der Waals surface area (Å²) >= 11 is 0. The average molecular weight is 524 g/mol. The predicted molar refractivity (Wildman–Crippen MR) is 162 cm³/mol. The van der Waals surface area contributed by atoms with Crippen LogP contribution < -0.4 is 14.9 Å². The zero-order valence-electron chi connectivity index (χ0n) is 22.9. The van der Waals surface area contributed by atoms with Gasteiger partial charge in [-0.05, 0) is 59.7 Å². The Morgan fingerprint density at radius 2 is 1.62 bits per heavy atom. The Kier molecular flexibility index (Phi) is 4.56. The van der Waals surface area contributed by atoms with E-state index < -0.39 is 8.07 Å². The van der Waals surface area contributed by atoms with Crippen LogP contribution in [0.1, 0.15) is 29.5 Å². The topological polar surface area (TPSA) is 29.9 Å². The lowest BCUT2D eigenvalue weighted by Gasteiger charge is -2.39. The van der Waals surface area contributed by atoms with Gasteiger partial charge in [0.05, 0.1) is 5.56 Å². The Bertz CT molecular complexity index is 1980. The number of nitrogens with zero attached hydrogens (tertiary/aromatic N) is 2. The van der Waals surface area contributed by atoms with E-state index in [-0.39, 0.29) is 5.41 Å². The summed E-state index contributed by atoms with van der Waals surface area (Å²) in [5.74, 6) is 0. The van der Waals surface area contributed by atoms with Crippen LogP contribution in [0.3, 0.4) is 0 Å². The van der Waals surface area contributed by atoms with Crippen LogP contribution in [-0.2, 0) is 12.5 Å². The summed E-state index contributed by atoms with van der Waals surface area (Å²) in [7, 11) is 0.367. The number of fused-ring (bicyclic) bond motifs is 7. The molecule has 3 nitrogen and oxygen atoms in total. The van der Waals surface area contributed by atoms with Gasteiger partial charge in [0.2, 0.25) is 11.4 Å². The van der Waals surface area contributed by atoms with Crippen molar-refractivity contribution in [2.45, 2.75) is 38.3 Å². The van der Waals surface area contributed by atoms with Crippen LogP contribution in [0.15, 0.2) is 95.7 Å². The lowest BCUT2D eigenvalue weighted by Crippen LogP contribution is -2.60. The van der Waals surface area contributed by atoms with Gasteiger partial charge in [0.25, 0.3) is 0 Å². The maximum Gasteiger partial charge on any atom is 0.227 e. The molecule has 0 saturated heterocycles. The normalized spacial score (nSPS) is 16.4. The molecule has 4 heteroatoms. The molecule has 190 valence electrons. The first-order valence-electron chi connectivity index (χ1n) is 13.9. The van der Waals surface area contributed by atoms with Crippen LogP contribution in [0.5, 0.6) is 0 Å². The average Bonchev–Trinajstić information content (AvgIpc) is 3.67. The monoisotopic (exact) mass is 523 g/mol. The standard InChI is InChI=1S/C35H31N2OSi/c1-22-11-13-25-26-8-7-18-36-34(26)38-33(25)32(22)29-21-24(15-19-37(29)2)23-12-14-31-28(20-23)35(16-17-35)27-9-5-6-10-30(27)39(31,3)4/h5-15,18-21H,16-17H2,1-4H3/q+1. The molecule has 0 atom stereocenters. The van der Waals surface area contributed by atoms with Crippen LogP contribution in [0.25, 0.3) is 44.5 Å². The largest absolute Gasteiger partial charge is 0.437 e. The molecule has 1 aliphatic heterocycles. The zero-order valence-corrected chi connectivity index (χ0v) is 23.9. The van der Waals surface area contributed by atoms with Crippen LogP contribution in [0, 0.1) is 6.92 Å². The van der Waals surface area contributed by atoms with Gasteiger partial charge in [-0.1, -0.05) is 78.1 Å². The van der Waals surface area contributed by atoms with Gasteiger partial charge in [-0.2, -0.15) is 0 Å². The summed E-state index contributed by atoms with van der Waals surface area (Å²) < 4.78 is 8.57. The molecule has 6 aromatic rings. The smallest absolute Gasteiger partial charge is 0.227 e. The van der Waals surface area contributed by atoms with E-state index in [4.69, 9.17) is 4.42 Å². The lowest BCUT2D eigenvalue weighted by atomic mass is 9.85. The van der Waals surface area contributed by atoms with Gasteiger partial charge >= 0.3 is 0 Å². The summed E-state index contributed by atoms with van der Waals surface area (Å²) in [6.07, 6.45) is 6.48. The SMILES string of the molecule is Cc1ccc2c(oc3ncccc32)c1-c1cc(-c2ccc3c(c2)C2(CC2)c2ccccc2[Si]3(C)C)cc[n+]1C. The van der Waals surface area contributed by atoms with Crippen molar-refractivity contribution in [2.24, 2.45) is 7.05 Å². The Balaban J connectivity index is 1.32. The van der Waals surface area contributed by atoms with Crippen molar-refractivity contribution in [2.75, 3.05) is 0 Å². The highest BCUT2D eigenvalue weighted by Crippen LogP contribution is 2.55. The fourth-order valence-corrected chi connectivity index (χ4v) is 10.4. The molecule has 0 bridgehead atoms. The summed E-state index contributed by atoms with van der Waals surface area (Å²) in [5.41, 5.74) is 11.0. The minimum atomic E-state index is -1.75. The molecule has 1 aliphatic carbocycles. The van der Waals surface area contributed by atoms with Gasteiger partial charge in [0.15, 0.2) is 11.8 Å². The third-order valence-corrected chi connectivity index (χ3v) is 13.0. The number of benzene rings is 3. The molecule has 4 heterocycles. The predicted octanol–water partition coefficient (Wildman–Crippen LogP) is 6.66. The number of hydrogen-bond acceptors (Lipinski definition) is 2. The first-order valence-corrected chi connectivity index (χ1v) is 16.9. The highest BCUT2D eigenvalue weighted by molar-refractivity contribution is 7.01. The molecular formula is C35H31N2OSi+. The molecular weight excluding hydrogens is 492 g/mol. The number of furan rings is 1. The van der Waals surface area contributed by atoms with Crippen molar-refractivity contribution in [1.82, 2.24) is 4.98 Å². The lowest BCUT2D eigenvalue weighted by molar-refractivity contribution is -0.660. The molecule has 0 radical (unpaired) electrons. The van der Waals surface area contributed by atoms with E-state index >= 15 is 0 Å². The van der Waals surface area contributed by atoms with E-state index in [0.29, 0.717) is 5.71 Å². The molecule has 39 heavy (non-hydrogen) atoms. The van der Waals surface area contributed by atoms with E-state index in [0.717, 1.165) is 27.6 Å². The maximum absolute atomic E-state index is 6.37. The summed E-state index contributed by atoms with van der Waals surface area (Å²) in [4.78, 5) is 4.49. The Morgan fingerprint density at radius 3 is 2.46 bits per heavy atom. The van der Waals surface area contributed by atoms with Crippen molar-refractivity contribution in [3.05, 3.63) is 108 Å². The van der Waals surface area contributed by atoms with Crippen molar-refractivity contribution < 1.29 is 8.98 Å². The van der Waals surface area contributed by atoms with Gasteiger partial charge in [0.1, 0.15) is 15.1 Å². The first kappa shape index (κ1) is 22.9. The Hall–Kier alpha value is -4.02. The fraction of sp³-hybridized carbons (Fsp3) is 0.200. The van der Waals surface area contributed by atoms with E-state index in [1.165, 1.54) is 29.5 Å². The van der Waals surface area contributed by atoms with E-state index in [2.05, 4.69) is 116 Å². The number of pyridine rings is 2. The molecule has 3 aromatic carbocycles. The van der Waals surface area contributed by atoms with Crippen LogP contribution in [0.2, 0.25) is 13.1 Å². The van der Waals surface area contributed by atoms with Crippen molar-refractivity contribution in [1.29, 1.82) is 0 Å². The molecule has 1 spiro atoms. The molecule has 8 rings (SSSR count). The molecule has 3 aromatic heterocycles. The van der Waals surface area contributed by atoms with Crippen molar-refractivity contribution in [3.8, 4) is 22.4 Å². The highest BCUT2D eigenvalue weighted by Gasteiger charge is 2.54. The summed E-state index contributed by atoms with van der Waals surface area (Å²) in [5, 5.41) is 5.41. The van der Waals surface area contributed by atoms with Crippen LogP contribution in [-0.4, -0.2) is 13.1 Å². The molecule has 0 unspecified atom stereocenters. The second kappa shape index (κ2) is 7.77. The third kappa shape index (κ3) is 3.09. The number of rotatable bonds is 2. The zero-order chi connectivity index (χ0) is 26.5. The van der Waals surface area contributed by atoms with Crippen molar-refractivity contribution >= 4 is 40.5 Å². The Labute approximate surface area is 229 Å². The summed E-state index contributed by atoms with van der Waals surface area (Å²) in [6.45, 7) is 7.21. The third-order valence-electron chi connectivity index (χ3n) is 9.44. The van der Waals surface area contributed by atoms with Gasteiger partial charge in [-0.15, -0.1) is 0 Å². The van der Waals surface area contributed by atoms with E-state index in [1.807, 2.05) is 6.07 Å². The second-order valence-corrected chi connectivity index (χ2v) is 16.3. The van der Waals surface area contributed by atoms with Gasteiger partial charge in [-0.3, -0.25) is 0 Å². The molecule has 1 fully saturated rings. The first-order chi connectivity index (χ1) is 18.9. The number of aryl methyl sites for hydroxylation is 2. The van der Waals surface area contributed by atoms with E-state index in [9.17, 15) is 0 Å². The van der Waals surface area contributed by atoms with Crippen LogP contribution >= 0.6 is 0 Å². The number of hydrogen-bond donors (Lipinski definition) is 0. The van der Waals surface area contributed by atoms with E-state index in [1.54, 1.807) is 27.7 Å². The number of aromatic nitrogens is 2. The summed E-state index contributed by atoms with van der Waals surface area (Å²) in [6, 6.07) is 29.6. The maximum atomic E-state index is 6.37. The fourth-order valence-electron chi connectivity index (χ4n) is 7.15. The highest BCUT2D eigenvalue weighted by atomic mass is 28.3. The van der Waals surface area contributed by atoms with Gasteiger partial charge < -0.3 is 4.42 Å². The molecule has 1 saturated carbocycles. The van der Waals surface area contributed by atoms with Gasteiger partial charge in [-0.25, -0.2) is 9.55 Å². The Morgan fingerprint density at radius 1 is 0.821 bits per heavy atom. The molecule has 2 aliphatic rings. The quantitative estimate of drug-likeness (QED) is 0.188. The van der Waals surface area contributed by atoms with Crippen LogP contribution in [0.4, 0.5) is 0 Å². The molecule has 0 N–H and O–H groups in total. The van der Waals surface area contributed by atoms with Crippen molar-refractivity contribution in [3.63, 3.8) is 0 Å². The second-order valence-electron chi connectivity index (χ2n) is 12.0.